The first kappa shape index (κ1) is 18.6. The molecule has 1 aromatic carbocycles. The molecule has 0 bridgehead atoms. The van der Waals surface area contributed by atoms with E-state index in [1.165, 1.54) is 0 Å². The Kier molecular flexibility index (Phi) is 5.80. The number of benzene rings is 1. The highest BCUT2D eigenvalue weighted by Crippen LogP contribution is 2.24. The van der Waals surface area contributed by atoms with Crippen molar-refractivity contribution >= 4 is 29.2 Å². The second kappa shape index (κ2) is 8.44. The molecule has 0 aliphatic carbocycles. The van der Waals surface area contributed by atoms with E-state index >= 15 is 0 Å². The normalized spacial score (nSPS) is 16.3. The highest BCUT2D eigenvalue weighted by molar-refractivity contribution is 6.00. The predicted molar refractivity (Wildman–Crippen MR) is 102 cm³/mol. The summed E-state index contributed by atoms with van der Waals surface area (Å²) in [5, 5.41) is 5.44. The number of aromatic nitrogens is 1. The summed E-state index contributed by atoms with van der Waals surface area (Å²) in [5.41, 5.74) is 1.61. The Balaban J connectivity index is 1.44. The molecule has 1 fully saturated rings. The summed E-state index contributed by atoms with van der Waals surface area (Å²) in [7, 11) is 0. The minimum absolute atomic E-state index is 0.0652. The molecule has 140 valence electrons. The van der Waals surface area contributed by atoms with Gasteiger partial charge in [0, 0.05) is 37.3 Å². The lowest BCUT2D eigenvalue weighted by atomic mass is 10.1. The molecular formula is C20H22N4O3. The standard InChI is InChI=1S/C20H22N4O3/c1-14-6-5-9-17(22-14)23-18(25)10-11-21-20(27)15-12-19(26)24(13-15)16-7-3-2-4-8-16/h2-9,15H,10-13H2,1H3,(H,21,27)(H,22,23,25). The summed E-state index contributed by atoms with van der Waals surface area (Å²) in [5.74, 6) is -0.403. The largest absolute Gasteiger partial charge is 0.355 e. The smallest absolute Gasteiger partial charge is 0.227 e. The molecule has 0 saturated carbocycles. The molecular weight excluding hydrogens is 344 g/mol. The number of nitrogens with one attached hydrogen (secondary N) is 2. The van der Waals surface area contributed by atoms with Crippen LogP contribution >= 0.6 is 0 Å². The average Bonchev–Trinajstić information content (AvgIpc) is 3.04. The van der Waals surface area contributed by atoms with Crippen LogP contribution in [0.15, 0.2) is 48.5 Å². The lowest BCUT2D eigenvalue weighted by Crippen LogP contribution is -2.34. The Morgan fingerprint density at radius 1 is 1.15 bits per heavy atom. The zero-order valence-corrected chi connectivity index (χ0v) is 15.1. The zero-order chi connectivity index (χ0) is 19.2. The van der Waals surface area contributed by atoms with Crippen molar-refractivity contribution in [2.75, 3.05) is 23.3 Å². The van der Waals surface area contributed by atoms with Crippen molar-refractivity contribution in [1.82, 2.24) is 10.3 Å². The number of aryl methyl sites for hydroxylation is 1. The van der Waals surface area contributed by atoms with Gasteiger partial charge >= 0.3 is 0 Å². The molecule has 7 heteroatoms. The van der Waals surface area contributed by atoms with Gasteiger partial charge in [-0.3, -0.25) is 14.4 Å². The Morgan fingerprint density at radius 3 is 2.67 bits per heavy atom. The topological polar surface area (TPSA) is 91.4 Å². The van der Waals surface area contributed by atoms with E-state index in [4.69, 9.17) is 0 Å². The second-order valence-electron chi connectivity index (χ2n) is 6.49. The molecule has 0 spiro atoms. The van der Waals surface area contributed by atoms with E-state index in [1.807, 2.05) is 49.4 Å². The van der Waals surface area contributed by atoms with Crippen molar-refractivity contribution in [3.63, 3.8) is 0 Å². The number of hydrogen-bond acceptors (Lipinski definition) is 4. The number of carbonyl (C=O) groups excluding carboxylic acids is 3. The monoisotopic (exact) mass is 366 g/mol. The summed E-state index contributed by atoms with van der Waals surface area (Å²) in [4.78, 5) is 42.3. The van der Waals surface area contributed by atoms with Crippen molar-refractivity contribution in [3.8, 4) is 0 Å². The Bertz CT molecular complexity index is 838. The van der Waals surface area contributed by atoms with Crippen LogP contribution in [0.3, 0.4) is 0 Å². The maximum Gasteiger partial charge on any atom is 0.227 e. The third kappa shape index (κ3) is 4.91. The van der Waals surface area contributed by atoms with Gasteiger partial charge in [0.05, 0.1) is 5.92 Å². The Labute approximate surface area is 157 Å². The summed E-state index contributed by atoms with van der Waals surface area (Å²) >= 11 is 0. The molecule has 2 N–H and O–H groups in total. The van der Waals surface area contributed by atoms with Gasteiger partial charge in [0.1, 0.15) is 5.82 Å². The molecule has 3 amide bonds. The average molecular weight is 366 g/mol. The van der Waals surface area contributed by atoms with Crippen molar-refractivity contribution in [1.29, 1.82) is 0 Å². The van der Waals surface area contributed by atoms with E-state index in [-0.39, 0.29) is 37.1 Å². The second-order valence-corrected chi connectivity index (χ2v) is 6.49. The van der Waals surface area contributed by atoms with Crippen LogP contribution in [0.5, 0.6) is 0 Å². The highest BCUT2D eigenvalue weighted by atomic mass is 16.2. The molecule has 2 aromatic rings. The van der Waals surface area contributed by atoms with Crippen LogP contribution < -0.4 is 15.5 Å². The summed E-state index contributed by atoms with van der Waals surface area (Å²) in [6, 6.07) is 14.7. The van der Waals surface area contributed by atoms with E-state index in [2.05, 4.69) is 15.6 Å². The minimum Gasteiger partial charge on any atom is -0.355 e. The van der Waals surface area contributed by atoms with E-state index < -0.39 is 5.92 Å². The van der Waals surface area contributed by atoms with Gasteiger partial charge in [0.15, 0.2) is 0 Å². The number of pyridine rings is 1. The highest BCUT2D eigenvalue weighted by Gasteiger charge is 2.34. The molecule has 1 atom stereocenters. The van der Waals surface area contributed by atoms with Gasteiger partial charge in [-0.05, 0) is 31.2 Å². The maximum absolute atomic E-state index is 12.3. The lowest BCUT2D eigenvalue weighted by molar-refractivity contribution is -0.126. The van der Waals surface area contributed by atoms with E-state index in [9.17, 15) is 14.4 Å². The predicted octanol–water partition coefficient (Wildman–Crippen LogP) is 1.89. The molecule has 1 aromatic heterocycles. The van der Waals surface area contributed by atoms with Crippen LogP contribution in [0.25, 0.3) is 0 Å². The molecule has 1 aliphatic heterocycles. The molecule has 2 heterocycles. The molecule has 7 nitrogen and oxygen atoms in total. The molecule has 1 unspecified atom stereocenters. The zero-order valence-electron chi connectivity index (χ0n) is 15.1. The van der Waals surface area contributed by atoms with E-state index in [0.717, 1.165) is 11.4 Å². The van der Waals surface area contributed by atoms with E-state index in [0.29, 0.717) is 12.4 Å². The van der Waals surface area contributed by atoms with Crippen LogP contribution in [-0.2, 0) is 14.4 Å². The van der Waals surface area contributed by atoms with Gasteiger partial charge < -0.3 is 15.5 Å². The first-order valence-electron chi connectivity index (χ1n) is 8.89. The molecule has 1 saturated heterocycles. The number of amides is 3. The first-order valence-corrected chi connectivity index (χ1v) is 8.89. The van der Waals surface area contributed by atoms with Crippen LogP contribution in [0, 0.1) is 12.8 Å². The number of rotatable bonds is 6. The number of nitrogens with zero attached hydrogens (tertiary/aromatic N) is 2. The fraction of sp³-hybridized carbons (Fsp3) is 0.300. The molecule has 3 rings (SSSR count). The molecule has 0 radical (unpaired) electrons. The van der Waals surface area contributed by atoms with Gasteiger partial charge in [-0.25, -0.2) is 4.98 Å². The fourth-order valence-corrected chi connectivity index (χ4v) is 3.00. The van der Waals surface area contributed by atoms with E-state index in [1.54, 1.807) is 11.0 Å². The fourth-order valence-electron chi connectivity index (χ4n) is 3.00. The van der Waals surface area contributed by atoms with Gasteiger partial charge in [0.25, 0.3) is 0 Å². The number of carbonyl (C=O) groups is 3. The first-order chi connectivity index (χ1) is 13.0. The van der Waals surface area contributed by atoms with Gasteiger partial charge in [0.2, 0.25) is 17.7 Å². The van der Waals surface area contributed by atoms with Gasteiger partial charge in [-0.1, -0.05) is 24.3 Å². The Morgan fingerprint density at radius 2 is 1.93 bits per heavy atom. The van der Waals surface area contributed by atoms with Crippen LogP contribution in [0.2, 0.25) is 0 Å². The summed E-state index contributed by atoms with van der Waals surface area (Å²) in [6.07, 6.45) is 0.324. The molecule has 27 heavy (non-hydrogen) atoms. The summed E-state index contributed by atoms with van der Waals surface area (Å²) in [6.45, 7) is 2.41. The third-order valence-corrected chi connectivity index (χ3v) is 4.37. The lowest BCUT2D eigenvalue weighted by Gasteiger charge is -2.16. The van der Waals surface area contributed by atoms with Crippen LogP contribution in [0.4, 0.5) is 11.5 Å². The maximum atomic E-state index is 12.3. The third-order valence-electron chi connectivity index (χ3n) is 4.37. The van der Waals surface area contributed by atoms with Crippen molar-refractivity contribution in [3.05, 3.63) is 54.2 Å². The van der Waals surface area contributed by atoms with Crippen molar-refractivity contribution < 1.29 is 14.4 Å². The molecule has 1 aliphatic rings. The van der Waals surface area contributed by atoms with Gasteiger partial charge in [-0.2, -0.15) is 0 Å². The van der Waals surface area contributed by atoms with Gasteiger partial charge in [-0.15, -0.1) is 0 Å². The van der Waals surface area contributed by atoms with Crippen LogP contribution in [-0.4, -0.2) is 35.8 Å². The number of hydrogen-bond donors (Lipinski definition) is 2. The Hall–Kier alpha value is -3.22. The quantitative estimate of drug-likeness (QED) is 0.817. The minimum atomic E-state index is -0.404. The number of anilines is 2. The summed E-state index contributed by atoms with van der Waals surface area (Å²) < 4.78 is 0. The SMILES string of the molecule is Cc1cccc(NC(=O)CCNC(=O)C2CC(=O)N(c3ccccc3)C2)n1. The number of para-hydroxylation sites is 1. The van der Waals surface area contributed by atoms with Crippen molar-refractivity contribution in [2.45, 2.75) is 19.8 Å². The van der Waals surface area contributed by atoms with Crippen LogP contribution in [0.1, 0.15) is 18.5 Å². The van der Waals surface area contributed by atoms with Crippen molar-refractivity contribution in [2.24, 2.45) is 5.92 Å².